The molecule has 3 heteroatoms. The molecule has 2 rings (SSSR count). The smallest absolute Gasteiger partial charge is 0.119 e. The SMILES string of the molecule is CNCC(O)(c1cccc(OC)c1)C1CC1. The third-order valence-corrected chi connectivity index (χ3v) is 3.27. The number of benzene rings is 1. The molecule has 0 radical (unpaired) electrons. The van der Waals surface area contributed by atoms with Crippen LogP contribution >= 0.6 is 0 Å². The van der Waals surface area contributed by atoms with Crippen LogP contribution < -0.4 is 10.1 Å². The highest BCUT2D eigenvalue weighted by Gasteiger charge is 2.44. The summed E-state index contributed by atoms with van der Waals surface area (Å²) in [4.78, 5) is 0. The van der Waals surface area contributed by atoms with Crippen LogP contribution in [-0.2, 0) is 5.60 Å². The van der Waals surface area contributed by atoms with Crippen LogP contribution in [-0.4, -0.2) is 25.8 Å². The Morgan fingerprint density at radius 1 is 1.50 bits per heavy atom. The highest BCUT2D eigenvalue weighted by molar-refractivity contribution is 5.34. The average molecular weight is 221 g/mol. The predicted molar refractivity (Wildman–Crippen MR) is 63.5 cm³/mol. The van der Waals surface area contributed by atoms with Crippen molar-refractivity contribution in [2.24, 2.45) is 5.92 Å². The Morgan fingerprint density at radius 3 is 2.81 bits per heavy atom. The highest BCUT2D eigenvalue weighted by atomic mass is 16.5. The summed E-state index contributed by atoms with van der Waals surface area (Å²) in [7, 11) is 3.51. The summed E-state index contributed by atoms with van der Waals surface area (Å²) < 4.78 is 5.20. The first-order chi connectivity index (χ1) is 7.70. The summed E-state index contributed by atoms with van der Waals surface area (Å²) in [6, 6.07) is 7.72. The summed E-state index contributed by atoms with van der Waals surface area (Å²) in [5.41, 5.74) is 0.201. The maximum Gasteiger partial charge on any atom is 0.119 e. The number of hydrogen-bond donors (Lipinski definition) is 2. The topological polar surface area (TPSA) is 41.5 Å². The van der Waals surface area contributed by atoms with Gasteiger partial charge < -0.3 is 15.2 Å². The van der Waals surface area contributed by atoms with E-state index in [0.717, 1.165) is 24.2 Å². The van der Waals surface area contributed by atoms with Crippen LogP contribution in [0.1, 0.15) is 18.4 Å². The Bertz CT molecular complexity index is 363. The second kappa shape index (κ2) is 4.44. The molecular weight excluding hydrogens is 202 g/mol. The number of ether oxygens (including phenoxy) is 1. The molecule has 1 aromatic rings. The molecule has 0 heterocycles. The van der Waals surface area contributed by atoms with Gasteiger partial charge in [0.1, 0.15) is 11.4 Å². The van der Waals surface area contributed by atoms with Gasteiger partial charge in [0.05, 0.1) is 7.11 Å². The molecule has 1 fully saturated rings. The van der Waals surface area contributed by atoms with E-state index in [0.29, 0.717) is 12.5 Å². The zero-order chi connectivity index (χ0) is 11.6. The minimum atomic E-state index is -0.747. The molecule has 2 N–H and O–H groups in total. The van der Waals surface area contributed by atoms with Crippen molar-refractivity contribution in [1.82, 2.24) is 5.32 Å². The van der Waals surface area contributed by atoms with E-state index in [1.165, 1.54) is 0 Å². The van der Waals surface area contributed by atoms with Gasteiger partial charge in [0.15, 0.2) is 0 Å². The van der Waals surface area contributed by atoms with Gasteiger partial charge in [0.2, 0.25) is 0 Å². The molecule has 0 saturated heterocycles. The Balaban J connectivity index is 2.30. The Kier molecular flexibility index (Phi) is 3.17. The molecule has 16 heavy (non-hydrogen) atoms. The minimum absolute atomic E-state index is 0.382. The summed E-state index contributed by atoms with van der Waals surface area (Å²) in [6.07, 6.45) is 2.21. The van der Waals surface area contributed by atoms with Gasteiger partial charge in [0, 0.05) is 6.54 Å². The van der Waals surface area contributed by atoms with Crippen molar-refractivity contribution >= 4 is 0 Å². The van der Waals surface area contributed by atoms with E-state index >= 15 is 0 Å². The second-order valence-corrected chi connectivity index (χ2v) is 4.46. The minimum Gasteiger partial charge on any atom is -0.497 e. The van der Waals surface area contributed by atoms with Gasteiger partial charge in [-0.05, 0) is 43.5 Å². The van der Waals surface area contributed by atoms with Gasteiger partial charge in [-0.3, -0.25) is 0 Å². The van der Waals surface area contributed by atoms with E-state index in [-0.39, 0.29) is 0 Å². The van der Waals surface area contributed by atoms with Crippen molar-refractivity contribution in [2.45, 2.75) is 18.4 Å². The zero-order valence-corrected chi connectivity index (χ0v) is 9.86. The van der Waals surface area contributed by atoms with Crippen LogP contribution in [0, 0.1) is 5.92 Å². The lowest BCUT2D eigenvalue weighted by molar-refractivity contribution is 0.0151. The van der Waals surface area contributed by atoms with Crippen molar-refractivity contribution in [3.63, 3.8) is 0 Å². The number of rotatable bonds is 5. The number of hydrogen-bond acceptors (Lipinski definition) is 3. The lowest BCUT2D eigenvalue weighted by Gasteiger charge is -2.28. The third-order valence-electron chi connectivity index (χ3n) is 3.27. The van der Waals surface area contributed by atoms with Gasteiger partial charge in [0.25, 0.3) is 0 Å². The zero-order valence-electron chi connectivity index (χ0n) is 9.86. The van der Waals surface area contributed by atoms with Gasteiger partial charge in [-0.25, -0.2) is 0 Å². The van der Waals surface area contributed by atoms with Gasteiger partial charge in [-0.15, -0.1) is 0 Å². The maximum atomic E-state index is 10.7. The van der Waals surface area contributed by atoms with E-state index in [4.69, 9.17) is 4.74 Å². The van der Waals surface area contributed by atoms with Crippen molar-refractivity contribution in [3.05, 3.63) is 29.8 Å². The molecular formula is C13H19NO2. The molecule has 0 amide bonds. The first-order valence-electron chi connectivity index (χ1n) is 5.72. The molecule has 0 bridgehead atoms. The molecule has 0 aromatic heterocycles. The molecule has 3 nitrogen and oxygen atoms in total. The number of nitrogens with one attached hydrogen (secondary N) is 1. The van der Waals surface area contributed by atoms with Crippen molar-refractivity contribution in [2.75, 3.05) is 20.7 Å². The molecule has 0 aliphatic heterocycles. The molecule has 1 aliphatic rings. The molecule has 0 spiro atoms. The largest absolute Gasteiger partial charge is 0.497 e. The van der Waals surface area contributed by atoms with E-state index < -0.39 is 5.60 Å². The lowest BCUT2D eigenvalue weighted by atomic mass is 9.88. The van der Waals surface area contributed by atoms with Crippen molar-refractivity contribution in [3.8, 4) is 5.75 Å². The van der Waals surface area contributed by atoms with Crippen molar-refractivity contribution < 1.29 is 9.84 Å². The monoisotopic (exact) mass is 221 g/mol. The fourth-order valence-corrected chi connectivity index (χ4v) is 2.20. The fraction of sp³-hybridized carbons (Fsp3) is 0.538. The standard InChI is InChI=1S/C13H19NO2/c1-14-9-13(15,10-6-7-10)11-4-3-5-12(8-11)16-2/h3-5,8,10,14-15H,6-7,9H2,1-2H3. The van der Waals surface area contributed by atoms with E-state index in [1.54, 1.807) is 7.11 Å². The normalized spacial score (nSPS) is 19.2. The molecule has 1 aliphatic carbocycles. The second-order valence-electron chi connectivity index (χ2n) is 4.46. The predicted octanol–water partition coefficient (Wildman–Crippen LogP) is 1.51. The van der Waals surface area contributed by atoms with Crippen LogP contribution in [0.15, 0.2) is 24.3 Å². The van der Waals surface area contributed by atoms with Crippen LogP contribution in [0.2, 0.25) is 0 Å². The maximum absolute atomic E-state index is 10.7. The number of methoxy groups -OCH3 is 1. The van der Waals surface area contributed by atoms with Gasteiger partial charge >= 0.3 is 0 Å². The van der Waals surface area contributed by atoms with Gasteiger partial charge in [-0.2, -0.15) is 0 Å². The first kappa shape index (κ1) is 11.4. The first-order valence-corrected chi connectivity index (χ1v) is 5.72. The molecule has 1 saturated carbocycles. The number of likely N-dealkylation sites (N-methyl/N-ethyl adjacent to an activating group) is 1. The molecule has 1 atom stereocenters. The Labute approximate surface area is 96.4 Å². The van der Waals surface area contributed by atoms with Gasteiger partial charge in [-0.1, -0.05) is 12.1 Å². The highest BCUT2D eigenvalue weighted by Crippen LogP contribution is 2.45. The van der Waals surface area contributed by atoms with Crippen molar-refractivity contribution in [1.29, 1.82) is 0 Å². The fourth-order valence-electron chi connectivity index (χ4n) is 2.20. The molecule has 1 aromatic carbocycles. The summed E-state index contributed by atoms with van der Waals surface area (Å²) >= 11 is 0. The summed E-state index contributed by atoms with van der Waals surface area (Å²) in [5.74, 6) is 1.18. The lowest BCUT2D eigenvalue weighted by Crippen LogP contribution is -2.38. The summed E-state index contributed by atoms with van der Waals surface area (Å²) in [6.45, 7) is 0.588. The third kappa shape index (κ3) is 2.06. The number of aliphatic hydroxyl groups is 1. The molecule has 1 unspecified atom stereocenters. The quantitative estimate of drug-likeness (QED) is 0.792. The Hall–Kier alpha value is -1.06. The van der Waals surface area contributed by atoms with Crippen LogP contribution in [0.4, 0.5) is 0 Å². The summed E-state index contributed by atoms with van der Waals surface area (Å²) in [5, 5.41) is 13.8. The average Bonchev–Trinajstić information content (AvgIpc) is 3.13. The van der Waals surface area contributed by atoms with E-state index in [1.807, 2.05) is 31.3 Å². The van der Waals surface area contributed by atoms with Crippen LogP contribution in [0.3, 0.4) is 0 Å². The van der Waals surface area contributed by atoms with E-state index in [2.05, 4.69) is 5.32 Å². The van der Waals surface area contributed by atoms with Crippen LogP contribution in [0.5, 0.6) is 5.75 Å². The van der Waals surface area contributed by atoms with E-state index in [9.17, 15) is 5.11 Å². The molecule has 88 valence electrons. The Morgan fingerprint density at radius 2 is 2.25 bits per heavy atom. The van der Waals surface area contributed by atoms with Crippen LogP contribution in [0.25, 0.3) is 0 Å².